The summed E-state index contributed by atoms with van der Waals surface area (Å²) in [4.78, 5) is 21.4. The van der Waals surface area contributed by atoms with Crippen LogP contribution >= 0.6 is 0 Å². The van der Waals surface area contributed by atoms with Crippen molar-refractivity contribution in [1.29, 1.82) is 0 Å². The minimum absolute atomic E-state index is 0.0676. The second-order valence-corrected chi connectivity index (χ2v) is 3.52. The molecule has 1 heterocycles. The van der Waals surface area contributed by atoms with Crippen LogP contribution in [-0.2, 0) is 6.61 Å². The van der Waals surface area contributed by atoms with Crippen molar-refractivity contribution < 1.29 is 23.8 Å². The molecule has 2 rings (SSSR count). The summed E-state index contributed by atoms with van der Waals surface area (Å²) in [5.74, 6) is -0.458. The van der Waals surface area contributed by atoms with Gasteiger partial charge in [-0.15, -0.1) is 0 Å². The second-order valence-electron chi connectivity index (χ2n) is 3.52. The van der Waals surface area contributed by atoms with E-state index in [1.165, 1.54) is 12.1 Å². The number of aldehydes is 1. The predicted molar refractivity (Wildman–Crippen MR) is 61.8 cm³/mol. The molecule has 0 radical (unpaired) electrons. The fourth-order valence-electron chi connectivity index (χ4n) is 1.43. The van der Waals surface area contributed by atoms with E-state index >= 15 is 0 Å². The van der Waals surface area contributed by atoms with E-state index in [2.05, 4.69) is 0 Å². The first-order chi connectivity index (χ1) is 8.70. The Kier molecular flexibility index (Phi) is 3.43. The summed E-state index contributed by atoms with van der Waals surface area (Å²) in [7, 11) is 0. The number of rotatable bonds is 5. The molecule has 5 nitrogen and oxygen atoms in total. The summed E-state index contributed by atoms with van der Waals surface area (Å²) in [5.41, 5.74) is 0.433. The predicted octanol–water partition coefficient (Wildman–Crippen LogP) is 2.37. The summed E-state index contributed by atoms with van der Waals surface area (Å²) in [6.45, 7) is 0.0676. The number of ether oxygens (including phenoxy) is 1. The van der Waals surface area contributed by atoms with Crippen molar-refractivity contribution in [1.82, 2.24) is 0 Å². The summed E-state index contributed by atoms with van der Waals surface area (Å²) in [6, 6.07) is 9.64. The maximum absolute atomic E-state index is 10.8. The van der Waals surface area contributed by atoms with Crippen molar-refractivity contribution in [3.05, 3.63) is 53.5 Å². The van der Waals surface area contributed by atoms with Gasteiger partial charge in [-0.05, 0) is 24.3 Å². The molecule has 18 heavy (non-hydrogen) atoms. The molecule has 92 valence electrons. The van der Waals surface area contributed by atoms with E-state index in [4.69, 9.17) is 14.3 Å². The smallest absolute Gasteiger partial charge is 0.371 e. The molecule has 0 fully saturated rings. The van der Waals surface area contributed by atoms with Crippen LogP contribution in [0.3, 0.4) is 0 Å². The number of furan rings is 1. The standard InChI is InChI=1S/C13H10O5/c14-7-9-3-1-2-4-11(9)17-8-10-5-6-12(18-10)13(15)16/h1-7H,8H2,(H,15,16). The topological polar surface area (TPSA) is 76.7 Å². The molecule has 0 unspecified atom stereocenters. The normalized spacial score (nSPS) is 10.0. The molecule has 1 N–H and O–H groups in total. The minimum atomic E-state index is -1.13. The highest BCUT2D eigenvalue weighted by atomic mass is 16.5. The Hall–Kier alpha value is -2.56. The zero-order valence-corrected chi connectivity index (χ0v) is 9.33. The quantitative estimate of drug-likeness (QED) is 0.819. The molecule has 5 heteroatoms. The number of benzene rings is 1. The fraction of sp³-hybridized carbons (Fsp3) is 0.0769. The van der Waals surface area contributed by atoms with Crippen molar-refractivity contribution in [3.8, 4) is 5.75 Å². The molecule has 2 aromatic rings. The number of para-hydroxylation sites is 1. The Morgan fingerprint density at radius 1 is 1.28 bits per heavy atom. The summed E-state index contributed by atoms with van der Waals surface area (Å²) in [5, 5.41) is 8.68. The molecule has 1 aromatic heterocycles. The molecule has 0 saturated heterocycles. The number of hydrogen-bond donors (Lipinski definition) is 1. The third-order valence-electron chi connectivity index (χ3n) is 2.29. The first kappa shape index (κ1) is 11.9. The van der Waals surface area contributed by atoms with Gasteiger partial charge in [0, 0.05) is 0 Å². The zero-order chi connectivity index (χ0) is 13.0. The zero-order valence-electron chi connectivity index (χ0n) is 9.33. The SMILES string of the molecule is O=Cc1ccccc1OCc1ccc(C(=O)O)o1. The molecule has 0 spiro atoms. The van der Waals surface area contributed by atoms with Gasteiger partial charge in [0.1, 0.15) is 18.1 Å². The minimum Gasteiger partial charge on any atom is -0.485 e. The average molecular weight is 246 g/mol. The van der Waals surface area contributed by atoms with Crippen LogP contribution in [0.2, 0.25) is 0 Å². The summed E-state index contributed by atoms with van der Waals surface area (Å²) >= 11 is 0. The van der Waals surface area contributed by atoms with Gasteiger partial charge in [0.15, 0.2) is 6.29 Å². The van der Waals surface area contributed by atoms with Crippen LogP contribution in [-0.4, -0.2) is 17.4 Å². The fourth-order valence-corrected chi connectivity index (χ4v) is 1.43. The largest absolute Gasteiger partial charge is 0.485 e. The van der Waals surface area contributed by atoms with Gasteiger partial charge in [-0.3, -0.25) is 4.79 Å². The highest BCUT2D eigenvalue weighted by Crippen LogP contribution is 2.18. The average Bonchev–Trinajstić information content (AvgIpc) is 2.85. The van der Waals surface area contributed by atoms with E-state index in [-0.39, 0.29) is 12.4 Å². The van der Waals surface area contributed by atoms with Crippen molar-refractivity contribution in [2.75, 3.05) is 0 Å². The van der Waals surface area contributed by atoms with Crippen LogP contribution in [0.1, 0.15) is 26.7 Å². The van der Waals surface area contributed by atoms with Crippen molar-refractivity contribution >= 4 is 12.3 Å². The number of carboxylic acids is 1. The monoisotopic (exact) mass is 246 g/mol. The molecular weight excluding hydrogens is 236 g/mol. The molecular formula is C13H10O5. The van der Waals surface area contributed by atoms with E-state index in [1.807, 2.05) is 0 Å². The maximum Gasteiger partial charge on any atom is 0.371 e. The molecule has 0 saturated carbocycles. The van der Waals surface area contributed by atoms with E-state index in [0.717, 1.165) is 0 Å². The van der Waals surface area contributed by atoms with Gasteiger partial charge in [0.2, 0.25) is 5.76 Å². The van der Waals surface area contributed by atoms with E-state index < -0.39 is 5.97 Å². The molecule has 0 aliphatic heterocycles. The Morgan fingerprint density at radius 3 is 2.72 bits per heavy atom. The lowest BCUT2D eigenvalue weighted by atomic mass is 10.2. The second kappa shape index (κ2) is 5.18. The number of carbonyl (C=O) groups excluding carboxylic acids is 1. The number of carboxylic acid groups (broad SMARTS) is 1. The van der Waals surface area contributed by atoms with Crippen LogP contribution in [0.25, 0.3) is 0 Å². The van der Waals surface area contributed by atoms with Gasteiger partial charge in [0.05, 0.1) is 5.56 Å². The third-order valence-corrected chi connectivity index (χ3v) is 2.29. The van der Waals surface area contributed by atoms with Gasteiger partial charge in [0.25, 0.3) is 0 Å². The highest BCUT2D eigenvalue weighted by molar-refractivity contribution is 5.84. The number of carbonyl (C=O) groups is 2. The lowest BCUT2D eigenvalue weighted by Crippen LogP contribution is -1.97. The van der Waals surface area contributed by atoms with Crippen LogP contribution < -0.4 is 4.74 Å². The number of hydrogen-bond acceptors (Lipinski definition) is 4. The van der Waals surface area contributed by atoms with Gasteiger partial charge >= 0.3 is 5.97 Å². The van der Waals surface area contributed by atoms with Crippen LogP contribution in [0, 0.1) is 0 Å². The Labute approximate surface area is 103 Å². The lowest BCUT2D eigenvalue weighted by Gasteiger charge is -2.05. The van der Waals surface area contributed by atoms with Gasteiger partial charge < -0.3 is 14.3 Å². The first-order valence-corrected chi connectivity index (χ1v) is 5.19. The molecule has 0 amide bonds. The third kappa shape index (κ3) is 2.57. The molecule has 0 aliphatic rings. The molecule has 1 aromatic carbocycles. The number of aromatic carboxylic acids is 1. The van der Waals surface area contributed by atoms with Gasteiger partial charge in [-0.25, -0.2) is 4.79 Å². The van der Waals surface area contributed by atoms with Crippen LogP contribution in [0.5, 0.6) is 5.75 Å². The Bertz CT molecular complexity index is 570. The molecule has 0 atom stereocenters. The molecule has 0 bridgehead atoms. The van der Waals surface area contributed by atoms with Crippen LogP contribution in [0.4, 0.5) is 0 Å². The van der Waals surface area contributed by atoms with Crippen molar-refractivity contribution in [3.63, 3.8) is 0 Å². The first-order valence-electron chi connectivity index (χ1n) is 5.19. The van der Waals surface area contributed by atoms with E-state index in [0.29, 0.717) is 23.4 Å². The van der Waals surface area contributed by atoms with Crippen molar-refractivity contribution in [2.24, 2.45) is 0 Å². The van der Waals surface area contributed by atoms with Gasteiger partial charge in [-0.2, -0.15) is 0 Å². The van der Waals surface area contributed by atoms with Crippen molar-refractivity contribution in [2.45, 2.75) is 6.61 Å². The Balaban J connectivity index is 2.06. The van der Waals surface area contributed by atoms with E-state index in [9.17, 15) is 9.59 Å². The molecule has 0 aliphatic carbocycles. The van der Waals surface area contributed by atoms with Gasteiger partial charge in [-0.1, -0.05) is 12.1 Å². The lowest BCUT2D eigenvalue weighted by molar-refractivity contribution is 0.0658. The van der Waals surface area contributed by atoms with E-state index in [1.54, 1.807) is 24.3 Å². The maximum atomic E-state index is 10.8. The summed E-state index contributed by atoms with van der Waals surface area (Å²) in [6.07, 6.45) is 0.695. The Morgan fingerprint density at radius 2 is 2.06 bits per heavy atom. The highest BCUT2D eigenvalue weighted by Gasteiger charge is 2.09. The van der Waals surface area contributed by atoms with Crippen LogP contribution in [0.15, 0.2) is 40.8 Å². The summed E-state index contributed by atoms with van der Waals surface area (Å²) < 4.78 is 10.4.